The first-order valence-corrected chi connectivity index (χ1v) is 12.1. The van der Waals surface area contributed by atoms with E-state index in [1.165, 1.54) is 0 Å². The number of carbonyl (C=O) groups excluding carboxylic acids is 1. The Morgan fingerprint density at radius 2 is 1.33 bits per heavy atom. The molecule has 8 heteroatoms. The summed E-state index contributed by atoms with van der Waals surface area (Å²) in [7, 11) is 2.15. The van der Waals surface area contributed by atoms with Crippen LogP contribution in [0, 0.1) is 0 Å². The number of amides is 1. The van der Waals surface area contributed by atoms with Gasteiger partial charge in [-0.3, -0.25) is 4.79 Å². The van der Waals surface area contributed by atoms with Crippen LogP contribution in [-0.2, 0) is 14.9 Å². The van der Waals surface area contributed by atoms with Crippen molar-refractivity contribution in [3.05, 3.63) is 48.0 Å². The Balaban J connectivity index is 1.23. The zero-order valence-electron chi connectivity index (χ0n) is 19.5. The van der Waals surface area contributed by atoms with E-state index in [0.29, 0.717) is 26.3 Å². The van der Waals surface area contributed by atoms with E-state index in [0.717, 1.165) is 69.3 Å². The molecule has 2 aromatic rings. The first kappa shape index (κ1) is 22.1. The van der Waals surface area contributed by atoms with Crippen molar-refractivity contribution in [1.29, 1.82) is 0 Å². The van der Waals surface area contributed by atoms with E-state index in [1.807, 2.05) is 23.1 Å². The van der Waals surface area contributed by atoms with Crippen molar-refractivity contribution in [2.24, 2.45) is 0 Å². The molecule has 1 aromatic carbocycles. The maximum atomic E-state index is 13.8. The lowest BCUT2D eigenvalue weighted by Gasteiger charge is -2.43. The van der Waals surface area contributed by atoms with Crippen LogP contribution in [0.15, 0.2) is 42.5 Å². The van der Waals surface area contributed by atoms with Gasteiger partial charge in [-0.05, 0) is 37.6 Å². The van der Waals surface area contributed by atoms with Crippen molar-refractivity contribution in [2.75, 3.05) is 82.4 Å². The highest BCUT2D eigenvalue weighted by molar-refractivity contribution is 5.88. The number of likely N-dealkylation sites (N-methyl/N-ethyl adjacent to an activating group) is 1. The summed E-state index contributed by atoms with van der Waals surface area (Å²) in [5, 5.41) is 9.02. The molecule has 3 fully saturated rings. The van der Waals surface area contributed by atoms with Gasteiger partial charge in [0.2, 0.25) is 5.91 Å². The maximum absolute atomic E-state index is 13.8. The van der Waals surface area contributed by atoms with Crippen LogP contribution in [0.3, 0.4) is 0 Å². The summed E-state index contributed by atoms with van der Waals surface area (Å²) < 4.78 is 5.62. The first-order valence-electron chi connectivity index (χ1n) is 12.1. The number of hydrogen-bond donors (Lipinski definition) is 0. The van der Waals surface area contributed by atoms with E-state index in [2.05, 4.69) is 56.2 Å². The molecule has 0 spiro atoms. The fraction of sp³-hybridized carbons (Fsp3) is 0.560. The van der Waals surface area contributed by atoms with E-state index in [1.54, 1.807) is 0 Å². The lowest BCUT2D eigenvalue weighted by molar-refractivity contribution is -0.141. The zero-order chi connectivity index (χ0) is 22.7. The number of hydrogen-bond acceptors (Lipinski definition) is 7. The standard InChI is InChI=1S/C25H34N6O2/c1-28-11-13-29(14-12-28)22-7-8-23(27-26-22)30-15-17-31(18-16-30)24(32)25(9-19-33-20-10-25)21-5-3-2-4-6-21/h2-8H,9-20H2,1H3. The van der Waals surface area contributed by atoms with Crippen LogP contribution >= 0.6 is 0 Å². The van der Waals surface area contributed by atoms with E-state index < -0.39 is 5.41 Å². The lowest BCUT2D eigenvalue weighted by atomic mass is 9.73. The average Bonchev–Trinajstić information content (AvgIpc) is 2.90. The SMILES string of the molecule is CN1CCN(c2ccc(N3CCN(C(=O)C4(c5ccccc5)CCOCC4)CC3)nn2)CC1. The Bertz CT molecular complexity index is 916. The van der Waals surface area contributed by atoms with Crippen LogP contribution in [0.5, 0.6) is 0 Å². The van der Waals surface area contributed by atoms with Gasteiger partial charge in [0.15, 0.2) is 11.6 Å². The van der Waals surface area contributed by atoms with E-state index in [9.17, 15) is 4.79 Å². The summed E-state index contributed by atoms with van der Waals surface area (Å²) in [6.07, 6.45) is 1.49. The lowest BCUT2D eigenvalue weighted by Crippen LogP contribution is -2.56. The third-order valence-electron chi connectivity index (χ3n) is 7.44. The summed E-state index contributed by atoms with van der Waals surface area (Å²) in [4.78, 5) is 22.7. The average molecular weight is 451 g/mol. The van der Waals surface area contributed by atoms with Crippen LogP contribution in [0.4, 0.5) is 11.6 Å². The molecule has 1 aromatic heterocycles. The molecular weight excluding hydrogens is 416 g/mol. The van der Waals surface area contributed by atoms with E-state index in [-0.39, 0.29) is 5.91 Å². The monoisotopic (exact) mass is 450 g/mol. The molecule has 1 amide bonds. The molecule has 0 unspecified atom stereocenters. The Kier molecular flexibility index (Phi) is 6.46. The van der Waals surface area contributed by atoms with Crippen LogP contribution in [0.1, 0.15) is 18.4 Å². The number of ether oxygens (including phenoxy) is 1. The highest BCUT2D eigenvalue weighted by Crippen LogP contribution is 2.37. The number of aromatic nitrogens is 2. The van der Waals surface area contributed by atoms with Gasteiger partial charge in [0.05, 0.1) is 5.41 Å². The number of benzene rings is 1. The summed E-state index contributed by atoms with van der Waals surface area (Å²) >= 11 is 0. The second-order valence-electron chi connectivity index (χ2n) is 9.38. The summed E-state index contributed by atoms with van der Waals surface area (Å²) in [5.41, 5.74) is 0.650. The van der Waals surface area contributed by atoms with Gasteiger partial charge in [0.1, 0.15) is 0 Å². The van der Waals surface area contributed by atoms with Crippen molar-refractivity contribution >= 4 is 17.5 Å². The molecule has 0 N–H and O–H groups in total. The van der Waals surface area contributed by atoms with Gasteiger partial charge in [-0.1, -0.05) is 30.3 Å². The number of rotatable bonds is 4. The minimum absolute atomic E-state index is 0.244. The fourth-order valence-electron chi connectivity index (χ4n) is 5.24. The number of piperazine rings is 2. The minimum Gasteiger partial charge on any atom is -0.381 e. The zero-order valence-corrected chi connectivity index (χ0v) is 19.5. The normalized spacial score (nSPS) is 21.8. The molecule has 0 atom stereocenters. The highest BCUT2D eigenvalue weighted by atomic mass is 16.5. The summed E-state index contributed by atoms with van der Waals surface area (Å²) in [6.45, 7) is 8.30. The van der Waals surface area contributed by atoms with Crippen LogP contribution in [0.2, 0.25) is 0 Å². The Morgan fingerprint density at radius 1 is 0.788 bits per heavy atom. The molecule has 0 radical (unpaired) electrons. The highest BCUT2D eigenvalue weighted by Gasteiger charge is 2.44. The van der Waals surface area contributed by atoms with Crippen molar-refractivity contribution in [3.63, 3.8) is 0 Å². The predicted octanol–water partition coefficient (Wildman–Crippen LogP) is 1.63. The molecule has 4 heterocycles. The molecule has 3 aliphatic rings. The molecule has 8 nitrogen and oxygen atoms in total. The van der Waals surface area contributed by atoms with Gasteiger partial charge in [-0.2, -0.15) is 0 Å². The first-order chi connectivity index (χ1) is 16.2. The summed E-state index contributed by atoms with van der Waals surface area (Å²) in [5.74, 6) is 2.09. The summed E-state index contributed by atoms with van der Waals surface area (Å²) in [6, 6.07) is 14.4. The Labute approximate surface area is 196 Å². The molecule has 3 saturated heterocycles. The second-order valence-corrected chi connectivity index (χ2v) is 9.38. The van der Waals surface area contributed by atoms with E-state index in [4.69, 9.17) is 4.74 Å². The Morgan fingerprint density at radius 3 is 1.88 bits per heavy atom. The van der Waals surface area contributed by atoms with Crippen LogP contribution in [-0.4, -0.2) is 98.5 Å². The van der Waals surface area contributed by atoms with Gasteiger partial charge in [0.25, 0.3) is 0 Å². The number of carbonyl (C=O) groups is 1. The molecule has 0 aliphatic carbocycles. The largest absolute Gasteiger partial charge is 0.381 e. The molecule has 33 heavy (non-hydrogen) atoms. The third kappa shape index (κ3) is 4.54. The smallest absolute Gasteiger partial charge is 0.233 e. The molecule has 176 valence electrons. The van der Waals surface area contributed by atoms with Gasteiger partial charge < -0.3 is 24.3 Å². The topological polar surface area (TPSA) is 65.0 Å². The third-order valence-corrected chi connectivity index (χ3v) is 7.44. The molecule has 5 rings (SSSR count). The minimum atomic E-state index is -0.467. The van der Waals surface area contributed by atoms with Crippen molar-refractivity contribution in [2.45, 2.75) is 18.3 Å². The predicted molar refractivity (Wildman–Crippen MR) is 129 cm³/mol. The maximum Gasteiger partial charge on any atom is 0.233 e. The van der Waals surface area contributed by atoms with Crippen LogP contribution < -0.4 is 9.80 Å². The molecule has 0 bridgehead atoms. The molecule has 0 saturated carbocycles. The van der Waals surface area contributed by atoms with Gasteiger partial charge in [0, 0.05) is 65.6 Å². The molecule has 3 aliphatic heterocycles. The fourth-order valence-corrected chi connectivity index (χ4v) is 5.24. The van der Waals surface area contributed by atoms with Crippen molar-refractivity contribution in [3.8, 4) is 0 Å². The number of anilines is 2. The van der Waals surface area contributed by atoms with Gasteiger partial charge in [-0.25, -0.2) is 0 Å². The number of nitrogens with zero attached hydrogens (tertiary/aromatic N) is 6. The van der Waals surface area contributed by atoms with Crippen LogP contribution in [0.25, 0.3) is 0 Å². The quantitative estimate of drug-likeness (QED) is 0.701. The van der Waals surface area contributed by atoms with E-state index >= 15 is 0 Å². The van der Waals surface area contributed by atoms with Crippen molar-refractivity contribution < 1.29 is 9.53 Å². The van der Waals surface area contributed by atoms with Gasteiger partial charge >= 0.3 is 0 Å². The van der Waals surface area contributed by atoms with Gasteiger partial charge in [-0.15, -0.1) is 10.2 Å². The van der Waals surface area contributed by atoms with Crippen molar-refractivity contribution in [1.82, 2.24) is 20.0 Å². The Hall–Kier alpha value is -2.71. The second kappa shape index (κ2) is 9.65. The molecular formula is C25H34N6O2.